The van der Waals surface area contributed by atoms with Gasteiger partial charge in [0.2, 0.25) is 0 Å². The van der Waals surface area contributed by atoms with E-state index in [2.05, 4.69) is 22.3 Å². The van der Waals surface area contributed by atoms with Gasteiger partial charge in [0.05, 0.1) is 10.6 Å². The van der Waals surface area contributed by atoms with Gasteiger partial charge in [-0.05, 0) is 55.5 Å². The predicted molar refractivity (Wildman–Crippen MR) is 139 cm³/mol. The first-order valence-electron chi connectivity index (χ1n) is 12.4. The number of urea groups is 1. The minimum atomic E-state index is -0.217. The largest absolute Gasteiger partial charge is 0.371 e. The van der Waals surface area contributed by atoms with Gasteiger partial charge in [-0.2, -0.15) is 0 Å². The van der Waals surface area contributed by atoms with Crippen LogP contribution >= 0.6 is 11.6 Å². The highest BCUT2D eigenvalue weighted by Crippen LogP contribution is 2.28. The van der Waals surface area contributed by atoms with E-state index in [0.717, 1.165) is 44.3 Å². The summed E-state index contributed by atoms with van der Waals surface area (Å²) in [5.41, 5.74) is 3.38. The van der Waals surface area contributed by atoms with E-state index in [0.29, 0.717) is 22.8 Å². The summed E-state index contributed by atoms with van der Waals surface area (Å²) < 4.78 is 0. The second-order valence-corrected chi connectivity index (χ2v) is 9.92. The second kappa shape index (κ2) is 11.1. The number of halogens is 1. The molecule has 182 valence electrons. The molecule has 0 bridgehead atoms. The molecule has 34 heavy (non-hydrogen) atoms. The van der Waals surface area contributed by atoms with Gasteiger partial charge in [-0.1, -0.05) is 49.1 Å². The van der Waals surface area contributed by atoms with E-state index in [1.54, 1.807) is 30.1 Å². The van der Waals surface area contributed by atoms with E-state index in [1.165, 1.54) is 24.9 Å². The van der Waals surface area contributed by atoms with Crippen LogP contribution in [0, 0.1) is 0 Å². The smallest absolute Gasteiger partial charge is 0.321 e. The number of nitrogens with one attached hydrogen (secondary N) is 1. The van der Waals surface area contributed by atoms with Crippen LogP contribution in [0.1, 0.15) is 60.9 Å². The number of benzene rings is 2. The molecule has 0 aromatic heterocycles. The molecule has 2 aromatic rings. The van der Waals surface area contributed by atoms with Crippen LogP contribution < -0.4 is 10.2 Å². The lowest BCUT2D eigenvalue weighted by Crippen LogP contribution is -2.38. The molecule has 1 aliphatic heterocycles. The number of hydrogen-bond donors (Lipinski definition) is 1. The van der Waals surface area contributed by atoms with E-state index in [-0.39, 0.29) is 18.0 Å². The average Bonchev–Trinajstić information content (AvgIpc) is 3.39. The van der Waals surface area contributed by atoms with Crippen LogP contribution in [0.15, 0.2) is 42.5 Å². The molecule has 0 radical (unpaired) electrons. The minimum absolute atomic E-state index is 0.0644. The summed E-state index contributed by atoms with van der Waals surface area (Å²) in [6.45, 7) is 2.63. The Morgan fingerprint density at radius 1 is 1.00 bits per heavy atom. The fourth-order valence-corrected chi connectivity index (χ4v) is 5.31. The van der Waals surface area contributed by atoms with E-state index < -0.39 is 0 Å². The van der Waals surface area contributed by atoms with Crippen LogP contribution in [0.2, 0.25) is 5.02 Å². The lowest BCUT2D eigenvalue weighted by atomic mass is 9.94. The van der Waals surface area contributed by atoms with Crippen molar-refractivity contribution >= 4 is 34.9 Å². The van der Waals surface area contributed by atoms with Gasteiger partial charge in [0.15, 0.2) is 0 Å². The molecule has 2 aromatic carbocycles. The molecule has 0 spiro atoms. The molecule has 1 N–H and O–H groups in total. The van der Waals surface area contributed by atoms with E-state index in [4.69, 9.17) is 11.6 Å². The molecule has 0 atom stereocenters. The number of para-hydroxylation sites is 1. The van der Waals surface area contributed by atoms with E-state index in [1.807, 2.05) is 24.1 Å². The van der Waals surface area contributed by atoms with Crippen molar-refractivity contribution in [3.63, 3.8) is 0 Å². The van der Waals surface area contributed by atoms with Gasteiger partial charge in [0, 0.05) is 51.1 Å². The van der Waals surface area contributed by atoms with Crippen LogP contribution in [0.25, 0.3) is 0 Å². The van der Waals surface area contributed by atoms with Gasteiger partial charge in [0.1, 0.15) is 0 Å². The van der Waals surface area contributed by atoms with Crippen molar-refractivity contribution in [2.24, 2.45) is 0 Å². The van der Waals surface area contributed by atoms with Gasteiger partial charge in [0.25, 0.3) is 5.91 Å². The molecule has 4 rings (SSSR count). The molecule has 1 saturated carbocycles. The van der Waals surface area contributed by atoms with Crippen molar-refractivity contribution in [1.82, 2.24) is 9.80 Å². The van der Waals surface area contributed by atoms with E-state index >= 15 is 0 Å². The van der Waals surface area contributed by atoms with Gasteiger partial charge in [-0.3, -0.25) is 4.79 Å². The third-order valence-corrected chi connectivity index (χ3v) is 7.40. The summed E-state index contributed by atoms with van der Waals surface area (Å²) in [7, 11) is 3.65. The average molecular weight is 483 g/mol. The topological polar surface area (TPSA) is 55.9 Å². The summed E-state index contributed by atoms with van der Waals surface area (Å²) in [4.78, 5) is 31.7. The van der Waals surface area contributed by atoms with Crippen molar-refractivity contribution in [2.75, 3.05) is 37.4 Å². The maximum Gasteiger partial charge on any atom is 0.321 e. The standard InChI is InChI=1S/C27H35ClN4O2/c1-30(19-20-10-6-7-13-25(20)32-16-8-9-17-32)27(34)29-21-14-15-23(24(28)18-21)26(33)31(2)22-11-4-3-5-12-22/h6-7,10,13-15,18,22H,3-5,8-9,11-12,16-17,19H2,1-2H3,(H,29,34). The fraction of sp³-hybridized carbons (Fsp3) is 0.481. The third kappa shape index (κ3) is 5.66. The van der Waals surface area contributed by atoms with Crippen molar-refractivity contribution in [3.05, 3.63) is 58.6 Å². The van der Waals surface area contributed by atoms with Crippen molar-refractivity contribution in [3.8, 4) is 0 Å². The summed E-state index contributed by atoms with van der Waals surface area (Å²) in [6, 6.07) is 13.4. The fourth-order valence-electron chi connectivity index (χ4n) is 5.05. The molecule has 1 saturated heterocycles. The Hall–Kier alpha value is -2.73. The first-order valence-corrected chi connectivity index (χ1v) is 12.7. The number of anilines is 2. The van der Waals surface area contributed by atoms with Gasteiger partial charge in [-0.15, -0.1) is 0 Å². The van der Waals surface area contributed by atoms with Crippen molar-refractivity contribution in [1.29, 1.82) is 0 Å². The van der Waals surface area contributed by atoms with E-state index in [9.17, 15) is 9.59 Å². The molecule has 0 unspecified atom stereocenters. The monoisotopic (exact) mass is 482 g/mol. The summed E-state index contributed by atoms with van der Waals surface area (Å²) in [5.74, 6) is -0.0644. The highest BCUT2D eigenvalue weighted by atomic mass is 35.5. The Morgan fingerprint density at radius 2 is 1.71 bits per heavy atom. The SMILES string of the molecule is CN(Cc1ccccc1N1CCCC1)C(=O)Nc1ccc(C(=O)N(C)C2CCCCC2)c(Cl)c1. The van der Waals surface area contributed by atoms with Crippen LogP contribution in [-0.2, 0) is 6.54 Å². The molecule has 2 fully saturated rings. The second-order valence-electron chi connectivity index (χ2n) is 9.51. The number of nitrogens with zero attached hydrogens (tertiary/aromatic N) is 3. The summed E-state index contributed by atoms with van der Waals surface area (Å²) in [6.07, 6.45) is 8.07. The molecule has 2 aliphatic rings. The molecule has 7 heteroatoms. The lowest BCUT2D eigenvalue weighted by Gasteiger charge is -2.31. The zero-order chi connectivity index (χ0) is 24.1. The predicted octanol–water partition coefficient (Wildman–Crippen LogP) is 6.01. The Morgan fingerprint density at radius 3 is 2.41 bits per heavy atom. The zero-order valence-electron chi connectivity index (χ0n) is 20.2. The number of carbonyl (C=O) groups excluding carboxylic acids is 2. The van der Waals surface area contributed by atoms with Crippen molar-refractivity contribution in [2.45, 2.75) is 57.5 Å². The van der Waals surface area contributed by atoms with Gasteiger partial charge < -0.3 is 20.0 Å². The summed E-state index contributed by atoms with van der Waals surface area (Å²) in [5, 5.41) is 3.27. The molecule has 6 nitrogen and oxygen atoms in total. The number of hydrogen-bond acceptors (Lipinski definition) is 3. The molecule has 1 heterocycles. The Balaban J connectivity index is 1.38. The van der Waals surface area contributed by atoms with Crippen LogP contribution in [-0.4, -0.2) is 55.0 Å². The molecule has 3 amide bonds. The number of rotatable bonds is 6. The first-order chi connectivity index (χ1) is 16.4. The van der Waals surface area contributed by atoms with Crippen LogP contribution in [0.5, 0.6) is 0 Å². The highest BCUT2D eigenvalue weighted by Gasteiger charge is 2.25. The Kier molecular flexibility index (Phi) is 7.99. The zero-order valence-corrected chi connectivity index (χ0v) is 21.0. The maximum atomic E-state index is 13.0. The van der Waals surface area contributed by atoms with Gasteiger partial charge in [-0.25, -0.2) is 4.79 Å². The number of amides is 3. The van der Waals surface area contributed by atoms with Crippen LogP contribution in [0.3, 0.4) is 0 Å². The molecule has 1 aliphatic carbocycles. The first kappa shape index (κ1) is 24.4. The van der Waals surface area contributed by atoms with Crippen LogP contribution in [0.4, 0.5) is 16.2 Å². The molecular formula is C27H35ClN4O2. The van der Waals surface area contributed by atoms with Gasteiger partial charge >= 0.3 is 6.03 Å². The quantitative estimate of drug-likeness (QED) is 0.548. The Labute approximate surface area is 207 Å². The third-order valence-electron chi connectivity index (χ3n) is 7.09. The maximum absolute atomic E-state index is 13.0. The lowest BCUT2D eigenvalue weighted by molar-refractivity contribution is 0.0696. The van der Waals surface area contributed by atoms with Crippen molar-refractivity contribution < 1.29 is 9.59 Å². The summed E-state index contributed by atoms with van der Waals surface area (Å²) >= 11 is 6.48. The normalized spacial score (nSPS) is 16.4. The molecular weight excluding hydrogens is 448 g/mol. The number of carbonyl (C=O) groups is 2. The highest BCUT2D eigenvalue weighted by molar-refractivity contribution is 6.34. The Bertz CT molecular complexity index is 1020. The minimum Gasteiger partial charge on any atom is -0.371 e.